The zero-order chi connectivity index (χ0) is 15.2. The van der Waals surface area contributed by atoms with Gasteiger partial charge in [0.15, 0.2) is 0 Å². The predicted molar refractivity (Wildman–Crippen MR) is 82.2 cm³/mol. The molecule has 2 rings (SSSR count). The zero-order valence-electron chi connectivity index (χ0n) is 11.7. The Morgan fingerprint density at radius 2 is 2.00 bits per heavy atom. The van der Waals surface area contributed by atoms with Crippen LogP contribution >= 0.6 is 11.6 Å². The highest BCUT2D eigenvalue weighted by Crippen LogP contribution is 2.17. The Bertz CT molecular complexity index is 587. The molecule has 0 unspecified atom stereocenters. The SMILES string of the molecule is C[C@H](C[C@@H](O)c1ccccc1)NC(=O)c1ccc(Cl)cn1. The minimum atomic E-state index is -0.611. The molecule has 0 saturated heterocycles. The van der Waals surface area contributed by atoms with Crippen LogP contribution in [0.5, 0.6) is 0 Å². The number of hydrogen-bond donors (Lipinski definition) is 2. The maximum atomic E-state index is 12.0. The van der Waals surface area contributed by atoms with Crippen molar-refractivity contribution in [3.8, 4) is 0 Å². The number of carbonyl (C=O) groups excluding carboxylic acids is 1. The number of nitrogens with zero attached hydrogens (tertiary/aromatic N) is 1. The van der Waals surface area contributed by atoms with Gasteiger partial charge in [-0.2, -0.15) is 0 Å². The smallest absolute Gasteiger partial charge is 0.270 e. The first-order valence-electron chi connectivity index (χ1n) is 6.71. The minimum Gasteiger partial charge on any atom is -0.388 e. The predicted octanol–water partition coefficient (Wildman–Crippen LogP) is 2.98. The molecule has 1 amide bonds. The lowest BCUT2D eigenvalue weighted by molar-refractivity contribution is 0.0912. The summed E-state index contributed by atoms with van der Waals surface area (Å²) in [6.07, 6.45) is 1.25. The van der Waals surface area contributed by atoms with E-state index in [0.29, 0.717) is 17.1 Å². The van der Waals surface area contributed by atoms with Gasteiger partial charge < -0.3 is 10.4 Å². The number of carbonyl (C=O) groups is 1. The van der Waals surface area contributed by atoms with E-state index in [1.54, 1.807) is 12.1 Å². The van der Waals surface area contributed by atoms with Crippen LogP contribution in [-0.2, 0) is 0 Å². The second-order valence-electron chi connectivity index (χ2n) is 4.90. The van der Waals surface area contributed by atoms with Crippen LogP contribution in [0.3, 0.4) is 0 Å². The van der Waals surface area contributed by atoms with Crippen LogP contribution in [0.15, 0.2) is 48.7 Å². The molecular formula is C16H17ClN2O2. The largest absolute Gasteiger partial charge is 0.388 e. The van der Waals surface area contributed by atoms with E-state index in [1.165, 1.54) is 6.20 Å². The molecule has 110 valence electrons. The summed E-state index contributed by atoms with van der Waals surface area (Å²) in [5.41, 5.74) is 1.14. The van der Waals surface area contributed by atoms with Gasteiger partial charge >= 0.3 is 0 Å². The summed E-state index contributed by atoms with van der Waals surface area (Å²) in [5, 5.41) is 13.4. The van der Waals surface area contributed by atoms with Gasteiger partial charge in [0.25, 0.3) is 5.91 Å². The summed E-state index contributed by atoms with van der Waals surface area (Å²) in [4.78, 5) is 15.9. The summed E-state index contributed by atoms with van der Waals surface area (Å²) >= 11 is 5.73. The lowest BCUT2D eigenvalue weighted by Gasteiger charge is -2.18. The summed E-state index contributed by atoms with van der Waals surface area (Å²) in [6, 6.07) is 12.4. The summed E-state index contributed by atoms with van der Waals surface area (Å²) in [7, 11) is 0. The Kier molecular flexibility index (Phi) is 5.31. The summed E-state index contributed by atoms with van der Waals surface area (Å²) in [6.45, 7) is 1.85. The molecule has 0 radical (unpaired) electrons. The molecule has 2 aromatic rings. The van der Waals surface area contributed by atoms with E-state index in [2.05, 4.69) is 10.3 Å². The molecule has 1 aromatic carbocycles. The maximum Gasteiger partial charge on any atom is 0.270 e. The van der Waals surface area contributed by atoms with Crippen LogP contribution in [-0.4, -0.2) is 22.0 Å². The van der Waals surface area contributed by atoms with Crippen LogP contribution in [0.2, 0.25) is 5.02 Å². The van der Waals surface area contributed by atoms with Crippen molar-refractivity contribution in [1.82, 2.24) is 10.3 Å². The van der Waals surface area contributed by atoms with Crippen molar-refractivity contribution in [2.75, 3.05) is 0 Å². The van der Waals surface area contributed by atoms with Crippen LogP contribution in [0.4, 0.5) is 0 Å². The number of halogens is 1. The first-order chi connectivity index (χ1) is 10.1. The topological polar surface area (TPSA) is 62.2 Å². The molecule has 0 bridgehead atoms. The van der Waals surface area contributed by atoms with E-state index in [0.717, 1.165) is 5.56 Å². The zero-order valence-corrected chi connectivity index (χ0v) is 12.4. The van der Waals surface area contributed by atoms with E-state index in [4.69, 9.17) is 11.6 Å². The van der Waals surface area contributed by atoms with Crippen molar-refractivity contribution in [1.29, 1.82) is 0 Å². The average molecular weight is 305 g/mol. The number of aliphatic hydroxyl groups is 1. The van der Waals surface area contributed by atoms with Crippen LogP contribution < -0.4 is 5.32 Å². The Morgan fingerprint density at radius 1 is 1.29 bits per heavy atom. The molecule has 1 heterocycles. The van der Waals surface area contributed by atoms with E-state index in [9.17, 15) is 9.90 Å². The quantitative estimate of drug-likeness (QED) is 0.892. The fraction of sp³-hybridized carbons (Fsp3) is 0.250. The van der Waals surface area contributed by atoms with Gasteiger partial charge in [0.05, 0.1) is 11.1 Å². The van der Waals surface area contributed by atoms with Crippen molar-refractivity contribution in [2.45, 2.75) is 25.5 Å². The van der Waals surface area contributed by atoms with Gasteiger partial charge in [-0.25, -0.2) is 4.98 Å². The number of pyridine rings is 1. The van der Waals surface area contributed by atoms with Gasteiger partial charge in [-0.05, 0) is 31.0 Å². The van der Waals surface area contributed by atoms with Gasteiger partial charge in [-0.15, -0.1) is 0 Å². The molecule has 0 aliphatic rings. The monoisotopic (exact) mass is 304 g/mol. The first-order valence-corrected chi connectivity index (χ1v) is 7.09. The Labute approximate surface area is 128 Å². The van der Waals surface area contributed by atoms with Gasteiger partial charge in [0, 0.05) is 12.2 Å². The number of aliphatic hydroxyl groups excluding tert-OH is 1. The maximum absolute atomic E-state index is 12.0. The molecular weight excluding hydrogens is 288 g/mol. The molecule has 0 aliphatic carbocycles. The lowest BCUT2D eigenvalue weighted by Crippen LogP contribution is -2.34. The van der Waals surface area contributed by atoms with Gasteiger partial charge in [-0.3, -0.25) is 4.79 Å². The van der Waals surface area contributed by atoms with Crippen molar-refractivity contribution >= 4 is 17.5 Å². The summed E-state index contributed by atoms with van der Waals surface area (Å²) in [5.74, 6) is -0.278. The molecule has 0 fully saturated rings. The Hall–Kier alpha value is -1.91. The van der Waals surface area contributed by atoms with Crippen molar-refractivity contribution < 1.29 is 9.90 Å². The van der Waals surface area contributed by atoms with Crippen molar-refractivity contribution in [3.63, 3.8) is 0 Å². The molecule has 1 aromatic heterocycles. The molecule has 0 spiro atoms. The third kappa shape index (κ3) is 4.55. The number of amides is 1. The fourth-order valence-electron chi connectivity index (χ4n) is 2.01. The fourth-order valence-corrected chi connectivity index (χ4v) is 2.12. The Balaban J connectivity index is 1.91. The van der Waals surface area contributed by atoms with Crippen LogP contribution in [0.1, 0.15) is 35.5 Å². The number of rotatable bonds is 5. The molecule has 21 heavy (non-hydrogen) atoms. The van der Waals surface area contributed by atoms with Crippen molar-refractivity contribution in [3.05, 3.63) is 64.9 Å². The molecule has 2 atom stereocenters. The minimum absolute atomic E-state index is 0.176. The molecule has 4 nitrogen and oxygen atoms in total. The second-order valence-corrected chi connectivity index (χ2v) is 5.33. The summed E-state index contributed by atoms with van der Waals surface area (Å²) < 4.78 is 0. The number of aromatic nitrogens is 1. The van der Waals surface area contributed by atoms with Crippen LogP contribution in [0, 0.1) is 0 Å². The highest BCUT2D eigenvalue weighted by atomic mass is 35.5. The molecule has 0 aliphatic heterocycles. The molecule has 2 N–H and O–H groups in total. The number of hydrogen-bond acceptors (Lipinski definition) is 3. The molecule has 5 heteroatoms. The second kappa shape index (κ2) is 7.20. The highest BCUT2D eigenvalue weighted by Gasteiger charge is 2.15. The third-order valence-electron chi connectivity index (χ3n) is 3.10. The molecule has 0 saturated carbocycles. The Morgan fingerprint density at radius 3 is 2.62 bits per heavy atom. The lowest BCUT2D eigenvalue weighted by atomic mass is 10.0. The van der Waals surface area contributed by atoms with E-state index < -0.39 is 6.10 Å². The average Bonchev–Trinajstić information content (AvgIpc) is 2.48. The third-order valence-corrected chi connectivity index (χ3v) is 3.32. The number of benzene rings is 1. The van der Waals surface area contributed by atoms with Gasteiger partial charge in [0.1, 0.15) is 5.69 Å². The first kappa shape index (κ1) is 15.5. The normalized spacial score (nSPS) is 13.5. The van der Waals surface area contributed by atoms with Crippen molar-refractivity contribution in [2.24, 2.45) is 0 Å². The number of nitrogens with one attached hydrogen (secondary N) is 1. The van der Waals surface area contributed by atoms with E-state index >= 15 is 0 Å². The highest BCUT2D eigenvalue weighted by molar-refractivity contribution is 6.30. The standard InChI is InChI=1S/C16H17ClN2O2/c1-11(9-15(20)12-5-3-2-4-6-12)19-16(21)14-8-7-13(17)10-18-14/h2-8,10-11,15,20H,9H2,1H3,(H,19,21)/t11-,15-/m1/s1. The van der Waals surface area contributed by atoms with E-state index in [1.807, 2.05) is 37.3 Å². The van der Waals surface area contributed by atoms with E-state index in [-0.39, 0.29) is 11.9 Å². The van der Waals surface area contributed by atoms with Gasteiger partial charge in [-0.1, -0.05) is 41.9 Å². The van der Waals surface area contributed by atoms with Crippen LogP contribution in [0.25, 0.3) is 0 Å². The van der Waals surface area contributed by atoms with Gasteiger partial charge in [0.2, 0.25) is 0 Å².